The molecule has 0 aromatic carbocycles. The van der Waals surface area contributed by atoms with Crippen LogP contribution < -0.4 is 0 Å². The number of rotatable bonds is 3. The Bertz CT molecular complexity index is 153. The summed E-state index contributed by atoms with van der Waals surface area (Å²) in [6.45, 7) is 9.21. The Kier molecular flexibility index (Phi) is 2.75. The van der Waals surface area contributed by atoms with E-state index >= 15 is 0 Å². The van der Waals surface area contributed by atoms with Gasteiger partial charge in [-0.2, -0.15) is 0 Å². The van der Waals surface area contributed by atoms with E-state index in [-0.39, 0.29) is 0 Å². The highest BCUT2D eigenvalue weighted by atomic mass is 14.4. The van der Waals surface area contributed by atoms with Crippen molar-refractivity contribution in [1.29, 1.82) is 0 Å². The molecule has 1 aliphatic rings. The van der Waals surface area contributed by atoms with Crippen molar-refractivity contribution in [2.75, 3.05) is 0 Å². The van der Waals surface area contributed by atoms with Gasteiger partial charge in [0.15, 0.2) is 0 Å². The van der Waals surface area contributed by atoms with E-state index in [9.17, 15) is 0 Å². The second kappa shape index (κ2) is 3.42. The fraction of sp³-hybridized carbons (Fsp3) is 0.818. The molecule has 0 nitrogen and oxygen atoms in total. The minimum Gasteiger partial charge on any atom is -0.0851 e. The third-order valence-corrected chi connectivity index (χ3v) is 2.64. The molecule has 0 aliphatic heterocycles. The van der Waals surface area contributed by atoms with Gasteiger partial charge in [0.1, 0.15) is 0 Å². The van der Waals surface area contributed by atoms with E-state index in [0.29, 0.717) is 0 Å². The van der Waals surface area contributed by atoms with Crippen molar-refractivity contribution < 1.29 is 0 Å². The highest BCUT2D eigenvalue weighted by Crippen LogP contribution is 2.46. The normalized spacial score (nSPS) is 31.2. The first-order chi connectivity index (χ1) is 5.16. The van der Waals surface area contributed by atoms with Crippen molar-refractivity contribution in [3.8, 4) is 0 Å². The van der Waals surface area contributed by atoms with Crippen LogP contribution in [0.3, 0.4) is 0 Å². The first kappa shape index (κ1) is 8.83. The summed E-state index contributed by atoms with van der Waals surface area (Å²) in [5, 5.41) is 0. The summed E-state index contributed by atoms with van der Waals surface area (Å²) in [6.07, 6.45) is 5.07. The number of hydrogen-bond donors (Lipinski definition) is 0. The maximum Gasteiger partial charge on any atom is -0.0172 e. The van der Waals surface area contributed by atoms with Crippen molar-refractivity contribution in [3.05, 3.63) is 11.6 Å². The lowest BCUT2D eigenvalue weighted by molar-refractivity contribution is 0.673. The zero-order valence-electron chi connectivity index (χ0n) is 8.22. The molecule has 1 rings (SSSR count). The van der Waals surface area contributed by atoms with Gasteiger partial charge in [0.2, 0.25) is 0 Å². The van der Waals surface area contributed by atoms with Gasteiger partial charge in [0.05, 0.1) is 0 Å². The van der Waals surface area contributed by atoms with Gasteiger partial charge in [0.25, 0.3) is 0 Å². The summed E-state index contributed by atoms with van der Waals surface area (Å²) in [4.78, 5) is 0. The fourth-order valence-electron chi connectivity index (χ4n) is 1.84. The van der Waals surface area contributed by atoms with Crippen molar-refractivity contribution in [2.45, 2.75) is 40.5 Å². The topological polar surface area (TPSA) is 0 Å². The summed E-state index contributed by atoms with van der Waals surface area (Å²) >= 11 is 0. The zero-order valence-corrected chi connectivity index (χ0v) is 8.22. The van der Waals surface area contributed by atoms with Gasteiger partial charge >= 0.3 is 0 Å². The van der Waals surface area contributed by atoms with Crippen molar-refractivity contribution in [1.82, 2.24) is 0 Å². The van der Waals surface area contributed by atoms with E-state index in [0.717, 1.165) is 17.8 Å². The molecule has 1 fully saturated rings. The Morgan fingerprint density at radius 2 is 2.09 bits per heavy atom. The predicted octanol–water partition coefficient (Wildman–Crippen LogP) is 3.63. The number of allylic oxidation sites excluding steroid dienone is 2. The van der Waals surface area contributed by atoms with Crippen LogP contribution in [0.2, 0.25) is 0 Å². The lowest BCUT2D eigenvalue weighted by Crippen LogP contribution is -1.97. The van der Waals surface area contributed by atoms with Gasteiger partial charge in [-0.05, 0) is 30.6 Å². The lowest BCUT2D eigenvalue weighted by atomic mass is 9.96. The van der Waals surface area contributed by atoms with Gasteiger partial charge in [-0.3, -0.25) is 0 Å². The largest absolute Gasteiger partial charge is 0.0851 e. The molecule has 2 atom stereocenters. The van der Waals surface area contributed by atoms with Gasteiger partial charge in [-0.1, -0.05) is 39.3 Å². The Labute approximate surface area is 70.7 Å². The molecule has 0 amide bonds. The summed E-state index contributed by atoms with van der Waals surface area (Å²) < 4.78 is 0. The van der Waals surface area contributed by atoms with E-state index in [1.54, 1.807) is 5.57 Å². The molecule has 0 heteroatoms. The third-order valence-electron chi connectivity index (χ3n) is 2.64. The van der Waals surface area contributed by atoms with E-state index in [1.165, 1.54) is 12.8 Å². The van der Waals surface area contributed by atoms with Crippen LogP contribution in [-0.4, -0.2) is 0 Å². The number of hydrogen-bond acceptors (Lipinski definition) is 0. The van der Waals surface area contributed by atoms with Gasteiger partial charge < -0.3 is 0 Å². The maximum absolute atomic E-state index is 2.43. The monoisotopic (exact) mass is 152 g/mol. The summed E-state index contributed by atoms with van der Waals surface area (Å²) in [6, 6.07) is 0. The van der Waals surface area contributed by atoms with E-state index in [1.807, 2.05) is 0 Å². The molecule has 1 saturated carbocycles. The van der Waals surface area contributed by atoms with Crippen molar-refractivity contribution in [2.24, 2.45) is 17.8 Å². The first-order valence-corrected chi connectivity index (χ1v) is 4.86. The molecule has 1 aliphatic carbocycles. The standard InChI is InChI=1S/C11H20/c1-5-6-10(8(2)3)11-7-9(11)4/h6,8-9,11H,5,7H2,1-4H3. The van der Waals surface area contributed by atoms with Crippen molar-refractivity contribution >= 4 is 0 Å². The van der Waals surface area contributed by atoms with Crippen molar-refractivity contribution in [3.63, 3.8) is 0 Å². The molecule has 0 radical (unpaired) electrons. The van der Waals surface area contributed by atoms with Gasteiger partial charge in [0, 0.05) is 0 Å². The Morgan fingerprint density at radius 1 is 1.55 bits per heavy atom. The van der Waals surface area contributed by atoms with Crippen LogP contribution in [0.1, 0.15) is 40.5 Å². The summed E-state index contributed by atoms with van der Waals surface area (Å²) in [5.41, 5.74) is 1.71. The van der Waals surface area contributed by atoms with Crippen LogP contribution in [0, 0.1) is 17.8 Å². The molecule has 2 unspecified atom stereocenters. The van der Waals surface area contributed by atoms with Gasteiger partial charge in [-0.15, -0.1) is 0 Å². The van der Waals surface area contributed by atoms with Crippen LogP contribution in [0.25, 0.3) is 0 Å². The summed E-state index contributed by atoms with van der Waals surface area (Å²) in [5.74, 6) is 2.68. The van der Waals surface area contributed by atoms with Crippen LogP contribution in [0.15, 0.2) is 11.6 Å². The molecule has 0 heterocycles. The van der Waals surface area contributed by atoms with E-state index < -0.39 is 0 Å². The minimum absolute atomic E-state index is 0.768. The van der Waals surface area contributed by atoms with E-state index in [4.69, 9.17) is 0 Å². The molecule has 0 saturated heterocycles. The maximum atomic E-state index is 2.43. The molecule has 64 valence electrons. The van der Waals surface area contributed by atoms with Crippen LogP contribution in [0.5, 0.6) is 0 Å². The molecule has 0 aromatic rings. The minimum atomic E-state index is 0.768. The molecule has 0 aromatic heterocycles. The second-order valence-corrected chi connectivity index (χ2v) is 4.09. The van der Waals surface area contributed by atoms with E-state index in [2.05, 4.69) is 33.8 Å². The summed E-state index contributed by atoms with van der Waals surface area (Å²) in [7, 11) is 0. The average molecular weight is 152 g/mol. The van der Waals surface area contributed by atoms with Crippen LogP contribution in [-0.2, 0) is 0 Å². The van der Waals surface area contributed by atoms with Crippen LogP contribution in [0.4, 0.5) is 0 Å². The fourth-order valence-corrected chi connectivity index (χ4v) is 1.84. The third kappa shape index (κ3) is 2.08. The second-order valence-electron chi connectivity index (χ2n) is 4.09. The average Bonchev–Trinajstić information content (AvgIpc) is 2.61. The molecule has 0 spiro atoms. The Hall–Kier alpha value is -0.260. The van der Waals surface area contributed by atoms with Gasteiger partial charge in [-0.25, -0.2) is 0 Å². The predicted molar refractivity (Wildman–Crippen MR) is 50.5 cm³/mol. The molecule has 0 N–H and O–H groups in total. The Balaban J connectivity index is 2.54. The molecular weight excluding hydrogens is 132 g/mol. The zero-order chi connectivity index (χ0) is 8.43. The Morgan fingerprint density at radius 3 is 2.36 bits per heavy atom. The first-order valence-electron chi connectivity index (χ1n) is 4.86. The molecule has 0 bridgehead atoms. The van der Waals surface area contributed by atoms with Crippen LogP contribution >= 0.6 is 0 Å². The smallest absolute Gasteiger partial charge is 0.0172 e. The quantitative estimate of drug-likeness (QED) is 0.542. The highest BCUT2D eigenvalue weighted by Gasteiger charge is 2.36. The molecular formula is C11H20. The molecule has 11 heavy (non-hydrogen) atoms. The highest BCUT2D eigenvalue weighted by molar-refractivity contribution is 5.16. The SMILES string of the molecule is CCC=C(C(C)C)C1CC1C. The lowest BCUT2D eigenvalue weighted by Gasteiger charge is -2.09.